The van der Waals surface area contributed by atoms with Gasteiger partial charge >= 0.3 is 5.97 Å². The molecule has 0 amide bonds. The second kappa shape index (κ2) is 6.61. The van der Waals surface area contributed by atoms with Crippen molar-refractivity contribution in [3.05, 3.63) is 90.0 Å². The third-order valence-electron chi connectivity index (χ3n) is 5.42. The van der Waals surface area contributed by atoms with Crippen molar-refractivity contribution in [2.75, 3.05) is 6.61 Å². The predicted molar refractivity (Wildman–Crippen MR) is 113 cm³/mol. The molecule has 0 atom stereocenters. The topological polar surface area (TPSA) is 39.2 Å². The molecule has 0 unspecified atom stereocenters. The number of aromatic nitrogens is 1. The van der Waals surface area contributed by atoms with Gasteiger partial charge in [0.1, 0.15) is 6.61 Å². The molecule has 3 heteroatoms. The summed E-state index contributed by atoms with van der Waals surface area (Å²) >= 11 is 0. The fourth-order valence-corrected chi connectivity index (χ4v) is 4.16. The van der Waals surface area contributed by atoms with Crippen molar-refractivity contribution < 1.29 is 9.53 Å². The van der Waals surface area contributed by atoms with Gasteiger partial charge in [-0.15, -0.1) is 0 Å². The summed E-state index contributed by atoms with van der Waals surface area (Å²) in [5, 5.41) is 3.33. The highest BCUT2D eigenvalue weighted by Crippen LogP contribution is 2.37. The third kappa shape index (κ3) is 2.59. The van der Waals surface area contributed by atoms with Crippen LogP contribution in [0.2, 0.25) is 0 Å². The van der Waals surface area contributed by atoms with Crippen molar-refractivity contribution in [2.24, 2.45) is 0 Å². The number of ether oxygens (including phenoxy) is 1. The third-order valence-corrected chi connectivity index (χ3v) is 5.42. The first-order valence-electron chi connectivity index (χ1n) is 9.48. The van der Waals surface area contributed by atoms with E-state index in [0.717, 1.165) is 35.0 Å². The van der Waals surface area contributed by atoms with E-state index in [2.05, 4.69) is 36.9 Å². The highest BCUT2D eigenvalue weighted by molar-refractivity contribution is 6.07. The van der Waals surface area contributed by atoms with Gasteiger partial charge in [0.05, 0.1) is 16.8 Å². The normalized spacial score (nSPS) is 12.4. The lowest BCUT2D eigenvalue weighted by atomic mass is 9.96. The van der Waals surface area contributed by atoms with Gasteiger partial charge < -0.3 is 4.74 Å². The minimum atomic E-state index is -0.356. The standard InChI is InChI=1S/C25H19NO2/c1-2-14-28-25(27)21-15-23(26-22-9-4-3-7-18(21)22)19-13-12-17-11-10-16-6-5-8-20(19)24(16)17/h2-9,12-13,15H,1,10-11,14H2. The minimum absolute atomic E-state index is 0.186. The lowest BCUT2D eigenvalue weighted by molar-refractivity contribution is 0.0552. The van der Waals surface area contributed by atoms with Gasteiger partial charge in [-0.1, -0.05) is 61.2 Å². The van der Waals surface area contributed by atoms with Gasteiger partial charge in [-0.2, -0.15) is 0 Å². The van der Waals surface area contributed by atoms with Crippen molar-refractivity contribution in [1.29, 1.82) is 0 Å². The lowest BCUT2D eigenvalue weighted by Crippen LogP contribution is -2.07. The maximum atomic E-state index is 12.7. The second-order valence-corrected chi connectivity index (χ2v) is 7.07. The molecular formula is C25H19NO2. The molecule has 0 saturated carbocycles. The molecular weight excluding hydrogens is 346 g/mol. The molecule has 1 heterocycles. The van der Waals surface area contributed by atoms with E-state index in [-0.39, 0.29) is 12.6 Å². The molecule has 0 fully saturated rings. The SMILES string of the molecule is C=CCOC(=O)c1cc(-c2ccc3c4c(cccc24)CC3)nc2ccccc12. The summed E-state index contributed by atoms with van der Waals surface area (Å²) in [6, 6.07) is 20.3. The summed E-state index contributed by atoms with van der Waals surface area (Å²) in [5.74, 6) is -0.356. The van der Waals surface area contributed by atoms with Crippen LogP contribution < -0.4 is 0 Å². The number of hydrogen-bond donors (Lipinski definition) is 0. The van der Waals surface area contributed by atoms with Gasteiger partial charge in [-0.25, -0.2) is 9.78 Å². The molecule has 0 aliphatic heterocycles. The van der Waals surface area contributed by atoms with Gasteiger partial charge in [0.15, 0.2) is 0 Å². The number of nitrogens with zero attached hydrogens (tertiary/aromatic N) is 1. The molecule has 28 heavy (non-hydrogen) atoms. The summed E-state index contributed by atoms with van der Waals surface area (Å²) in [7, 11) is 0. The summed E-state index contributed by atoms with van der Waals surface area (Å²) < 4.78 is 5.33. The van der Waals surface area contributed by atoms with Crippen LogP contribution in [0.25, 0.3) is 32.9 Å². The zero-order valence-electron chi connectivity index (χ0n) is 15.4. The van der Waals surface area contributed by atoms with Crippen molar-refractivity contribution in [3.8, 4) is 11.3 Å². The monoisotopic (exact) mass is 365 g/mol. The van der Waals surface area contributed by atoms with Gasteiger partial charge in [0, 0.05) is 10.9 Å². The van der Waals surface area contributed by atoms with Gasteiger partial charge in [0.25, 0.3) is 0 Å². The summed E-state index contributed by atoms with van der Waals surface area (Å²) in [4.78, 5) is 17.6. The molecule has 0 N–H and O–H groups in total. The van der Waals surface area contributed by atoms with E-state index < -0.39 is 0 Å². The van der Waals surface area contributed by atoms with Crippen LogP contribution in [0, 0.1) is 0 Å². The first kappa shape index (κ1) is 16.7. The molecule has 5 rings (SSSR count). The van der Waals surface area contributed by atoms with Gasteiger partial charge in [-0.05, 0) is 46.9 Å². The molecule has 0 radical (unpaired) electrons. The van der Waals surface area contributed by atoms with E-state index >= 15 is 0 Å². The minimum Gasteiger partial charge on any atom is -0.458 e. The van der Waals surface area contributed by atoms with Gasteiger partial charge in [-0.3, -0.25) is 0 Å². The number of benzene rings is 3. The van der Waals surface area contributed by atoms with Crippen molar-refractivity contribution in [1.82, 2.24) is 4.98 Å². The Balaban J connectivity index is 1.76. The Hall–Kier alpha value is -3.46. The van der Waals surface area contributed by atoms with E-state index in [1.807, 2.05) is 30.3 Å². The molecule has 3 nitrogen and oxygen atoms in total. The molecule has 4 aromatic rings. The fraction of sp³-hybridized carbons (Fsp3) is 0.120. The summed E-state index contributed by atoms with van der Waals surface area (Å²) in [5.41, 5.74) is 5.94. The fourth-order valence-electron chi connectivity index (χ4n) is 4.16. The Kier molecular flexibility index (Phi) is 3.94. The number of carbonyl (C=O) groups is 1. The highest BCUT2D eigenvalue weighted by Gasteiger charge is 2.19. The largest absolute Gasteiger partial charge is 0.458 e. The summed E-state index contributed by atoms with van der Waals surface area (Å²) in [6.07, 6.45) is 3.74. The Morgan fingerprint density at radius 3 is 2.64 bits per heavy atom. The van der Waals surface area contributed by atoms with Crippen LogP contribution >= 0.6 is 0 Å². The van der Waals surface area contributed by atoms with Crippen LogP contribution in [0.4, 0.5) is 0 Å². The van der Waals surface area contributed by atoms with Crippen LogP contribution in [0.1, 0.15) is 21.5 Å². The van der Waals surface area contributed by atoms with E-state index in [9.17, 15) is 4.79 Å². The average Bonchev–Trinajstić information content (AvgIpc) is 3.16. The lowest BCUT2D eigenvalue weighted by Gasteiger charge is -2.12. The van der Waals surface area contributed by atoms with E-state index in [1.54, 1.807) is 6.08 Å². The maximum absolute atomic E-state index is 12.7. The number of carbonyl (C=O) groups excluding carboxylic acids is 1. The number of pyridine rings is 1. The van der Waals surface area contributed by atoms with E-state index in [1.165, 1.54) is 21.9 Å². The number of esters is 1. The molecule has 1 aliphatic rings. The van der Waals surface area contributed by atoms with Crippen LogP contribution in [0.5, 0.6) is 0 Å². The number of fused-ring (bicyclic) bond motifs is 1. The second-order valence-electron chi connectivity index (χ2n) is 7.07. The maximum Gasteiger partial charge on any atom is 0.339 e. The smallest absolute Gasteiger partial charge is 0.339 e. The summed E-state index contributed by atoms with van der Waals surface area (Å²) in [6.45, 7) is 3.81. The molecule has 0 spiro atoms. The number of rotatable bonds is 4. The van der Waals surface area contributed by atoms with Crippen molar-refractivity contribution >= 4 is 27.6 Å². The van der Waals surface area contributed by atoms with Crippen LogP contribution in [0.3, 0.4) is 0 Å². The van der Waals surface area contributed by atoms with Gasteiger partial charge in [0.2, 0.25) is 0 Å². The van der Waals surface area contributed by atoms with Crippen molar-refractivity contribution in [3.63, 3.8) is 0 Å². The zero-order chi connectivity index (χ0) is 19.1. The Bertz CT molecular complexity index is 1250. The first-order valence-corrected chi connectivity index (χ1v) is 9.48. The molecule has 0 saturated heterocycles. The molecule has 3 aromatic carbocycles. The predicted octanol–water partition coefficient (Wildman–Crippen LogP) is 5.50. The molecule has 136 valence electrons. The Morgan fingerprint density at radius 2 is 1.79 bits per heavy atom. The van der Waals surface area contributed by atoms with E-state index in [0.29, 0.717) is 5.56 Å². The van der Waals surface area contributed by atoms with Crippen molar-refractivity contribution in [2.45, 2.75) is 12.8 Å². The van der Waals surface area contributed by atoms with Crippen LogP contribution in [0.15, 0.2) is 73.3 Å². The quantitative estimate of drug-likeness (QED) is 0.354. The molecule has 0 bridgehead atoms. The Morgan fingerprint density at radius 1 is 1.00 bits per heavy atom. The number of para-hydroxylation sites is 1. The first-order chi connectivity index (χ1) is 13.8. The van der Waals surface area contributed by atoms with Crippen LogP contribution in [-0.4, -0.2) is 17.6 Å². The zero-order valence-corrected chi connectivity index (χ0v) is 15.4. The van der Waals surface area contributed by atoms with E-state index in [4.69, 9.17) is 9.72 Å². The molecule has 1 aromatic heterocycles. The number of hydrogen-bond acceptors (Lipinski definition) is 3. The highest BCUT2D eigenvalue weighted by atomic mass is 16.5. The average molecular weight is 365 g/mol. The molecule has 1 aliphatic carbocycles. The Labute approximate surface area is 163 Å². The number of aryl methyl sites for hydroxylation is 2. The van der Waals surface area contributed by atoms with Crippen LogP contribution in [-0.2, 0) is 17.6 Å².